The van der Waals surface area contributed by atoms with Gasteiger partial charge in [0, 0.05) is 17.5 Å². The summed E-state index contributed by atoms with van der Waals surface area (Å²) in [6.45, 7) is 0. The Morgan fingerprint density at radius 1 is 0.870 bits per heavy atom. The summed E-state index contributed by atoms with van der Waals surface area (Å²) in [6, 6.07) is 10.8. The largest absolute Gasteiger partial charge is 0.322 e. The molecule has 3 N–H and O–H groups in total. The van der Waals surface area contributed by atoms with Crippen molar-refractivity contribution in [1.29, 1.82) is 0 Å². The molecule has 0 aromatic heterocycles. The van der Waals surface area contributed by atoms with Crippen molar-refractivity contribution in [2.24, 2.45) is 5.14 Å². The number of nitrogens with two attached hydrogens (primary N) is 1. The van der Waals surface area contributed by atoms with Gasteiger partial charge in [-0.1, -0.05) is 0 Å². The third kappa shape index (κ3) is 4.38. The number of amides is 1. The highest BCUT2D eigenvalue weighted by Crippen LogP contribution is 2.15. The van der Waals surface area contributed by atoms with E-state index in [4.69, 9.17) is 5.14 Å². The van der Waals surface area contributed by atoms with Gasteiger partial charge in [0.05, 0.1) is 9.79 Å². The molecule has 0 atom stereocenters. The topological polar surface area (TPSA) is 123 Å². The smallest absolute Gasteiger partial charge is 0.255 e. The summed E-state index contributed by atoms with van der Waals surface area (Å²) in [5.74, 6) is -0.451. The number of carbonyl (C=O) groups is 1. The van der Waals surface area contributed by atoms with Crippen molar-refractivity contribution in [2.45, 2.75) is 9.79 Å². The lowest BCUT2D eigenvalue weighted by Gasteiger charge is -2.06. The van der Waals surface area contributed by atoms with Gasteiger partial charge in [0.1, 0.15) is 0 Å². The molecule has 122 valence electrons. The van der Waals surface area contributed by atoms with Gasteiger partial charge < -0.3 is 5.32 Å². The first-order valence-corrected chi connectivity index (χ1v) is 9.75. The maximum Gasteiger partial charge on any atom is 0.255 e. The van der Waals surface area contributed by atoms with Crippen LogP contribution < -0.4 is 10.5 Å². The van der Waals surface area contributed by atoms with Crippen LogP contribution in [0.2, 0.25) is 0 Å². The predicted molar refractivity (Wildman–Crippen MR) is 85.3 cm³/mol. The zero-order valence-corrected chi connectivity index (χ0v) is 13.7. The van der Waals surface area contributed by atoms with Crippen LogP contribution in [0.1, 0.15) is 10.4 Å². The summed E-state index contributed by atoms with van der Waals surface area (Å²) in [5, 5.41) is 7.56. The van der Waals surface area contributed by atoms with Crippen molar-refractivity contribution >= 4 is 31.5 Å². The van der Waals surface area contributed by atoms with Crippen molar-refractivity contribution in [3.63, 3.8) is 0 Å². The number of anilines is 1. The molecular weight excluding hydrogens is 340 g/mol. The summed E-state index contributed by atoms with van der Waals surface area (Å²) in [5.41, 5.74) is 0.655. The lowest BCUT2D eigenvalue weighted by atomic mass is 10.2. The number of carbonyl (C=O) groups excluding carboxylic acids is 1. The Morgan fingerprint density at radius 2 is 1.35 bits per heavy atom. The number of sulfonamides is 1. The maximum absolute atomic E-state index is 12.1. The number of hydrogen-bond acceptors (Lipinski definition) is 5. The number of nitrogens with one attached hydrogen (secondary N) is 1. The van der Waals surface area contributed by atoms with Crippen LogP contribution in [0.25, 0.3) is 0 Å². The van der Waals surface area contributed by atoms with E-state index in [2.05, 4.69) is 5.32 Å². The second kappa shape index (κ2) is 6.11. The molecule has 0 fully saturated rings. The molecular formula is C14H14N2O5S2. The summed E-state index contributed by atoms with van der Waals surface area (Å²) < 4.78 is 45.0. The third-order valence-corrected chi connectivity index (χ3v) is 5.04. The Morgan fingerprint density at radius 3 is 1.78 bits per heavy atom. The van der Waals surface area contributed by atoms with Gasteiger partial charge in [-0.2, -0.15) is 0 Å². The minimum Gasteiger partial charge on any atom is -0.322 e. The fourth-order valence-electron chi connectivity index (χ4n) is 1.78. The molecule has 7 nitrogen and oxygen atoms in total. The summed E-state index contributed by atoms with van der Waals surface area (Å²) in [4.78, 5) is 12.1. The van der Waals surface area contributed by atoms with E-state index in [1.54, 1.807) is 0 Å². The zero-order valence-electron chi connectivity index (χ0n) is 12.1. The molecule has 0 bridgehead atoms. The van der Waals surface area contributed by atoms with Crippen LogP contribution in [-0.2, 0) is 19.9 Å². The van der Waals surface area contributed by atoms with Crippen LogP contribution in [0.15, 0.2) is 58.3 Å². The van der Waals surface area contributed by atoms with E-state index in [1.807, 2.05) is 0 Å². The number of rotatable bonds is 4. The van der Waals surface area contributed by atoms with E-state index in [1.165, 1.54) is 48.5 Å². The highest BCUT2D eigenvalue weighted by Gasteiger charge is 2.11. The monoisotopic (exact) mass is 354 g/mol. The van der Waals surface area contributed by atoms with Crippen molar-refractivity contribution < 1.29 is 21.6 Å². The second-order valence-electron chi connectivity index (χ2n) is 4.82. The molecule has 0 aliphatic heterocycles. The van der Waals surface area contributed by atoms with E-state index in [0.717, 1.165) is 6.26 Å². The Hall–Kier alpha value is -2.23. The zero-order chi connectivity index (χ0) is 17.3. The summed E-state index contributed by atoms with van der Waals surface area (Å²) >= 11 is 0. The van der Waals surface area contributed by atoms with Gasteiger partial charge in [-0.25, -0.2) is 22.0 Å². The van der Waals surface area contributed by atoms with E-state index < -0.39 is 25.8 Å². The number of sulfone groups is 1. The van der Waals surface area contributed by atoms with Crippen molar-refractivity contribution in [3.8, 4) is 0 Å². The molecule has 2 aromatic carbocycles. The van der Waals surface area contributed by atoms with Gasteiger partial charge in [-0.15, -0.1) is 0 Å². The van der Waals surface area contributed by atoms with Crippen LogP contribution in [-0.4, -0.2) is 29.0 Å². The molecule has 0 saturated carbocycles. The van der Waals surface area contributed by atoms with Gasteiger partial charge in [0.25, 0.3) is 5.91 Å². The minimum atomic E-state index is -3.79. The Kier molecular flexibility index (Phi) is 4.55. The molecule has 2 aromatic rings. The van der Waals surface area contributed by atoms with Crippen LogP contribution >= 0.6 is 0 Å². The van der Waals surface area contributed by atoms with E-state index in [9.17, 15) is 21.6 Å². The average molecular weight is 354 g/mol. The first-order chi connectivity index (χ1) is 10.6. The molecule has 0 unspecified atom stereocenters. The SMILES string of the molecule is CS(=O)(=O)c1ccc(C(=O)Nc2ccc(S(N)(=O)=O)cc2)cc1. The Balaban J connectivity index is 2.16. The van der Waals surface area contributed by atoms with Gasteiger partial charge in [0.15, 0.2) is 9.84 Å². The molecule has 9 heteroatoms. The van der Waals surface area contributed by atoms with E-state index >= 15 is 0 Å². The van der Waals surface area contributed by atoms with Crippen molar-refractivity contribution in [1.82, 2.24) is 0 Å². The van der Waals surface area contributed by atoms with Crippen molar-refractivity contribution in [2.75, 3.05) is 11.6 Å². The fraction of sp³-hybridized carbons (Fsp3) is 0.0714. The van der Waals surface area contributed by atoms with Gasteiger partial charge in [-0.05, 0) is 48.5 Å². The van der Waals surface area contributed by atoms with Crippen molar-refractivity contribution in [3.05, 3.63) is 54.1 Å². The fourth-order valence-corrected chi connectivity index (χ4v) is 2.93. The van der Waals surface area contributed by atoms with Gasteiger partial charge in [-0.3, -0.25) is 4.79 Å². The van der Waals surface area contributed by atoms with Gasteiger partial charge >= 0.3 is 0 Å². The summed E-state index contributed by atoms with van der Waals surface area (Å²) in [7, 11) is -7.11. The van der Waals surface area contributed by atoms with Crippen LogP contribution in [0.5, 0.6) is 0 Å². The Labute approximate surface area is 134 Å². The molecule has 1 amide bonds. The standard InChI is InChI=1S/C14H14N2O5S2/c1-22(18,19)12-6-2-10(3-7-12)14(17)16-11-4-8-13(9-5-11)23(15,20)21/h2-9H,1H3,(H,16,17)(H2,15,20,21). The lowest BCUT2D eigenvalue weighted by molar-refractivity contribution is 0.102. The molecule has 0 aliphatic rings. The average Bonchev–Trinajstić information content (AvgIpc) is 2.46. The number of hydrogen-bond donors (Lipinski definition) is 2. The molecule has 0 saturated heterocycles. The maximum atomic E-state index is 12.1. The highest BCUT2D eigenvalue weighted by molar-refractivity contribution is 7.90. The number of benzene rings is 2. The normalized spacial score (nSPS) is 11.9. The quantitative estimate of drug-likeness (QED) is 0.847. The first kappa shape index (κ1) is 17.1. The number of primary sulfonamides is 1. The summed E-state index contributed by atoms with van der Waals surface area (Å²) in [6.07, 6.45) is 1.08. The van der Waals surface area contributed by atoms with Gasteiger partial charge in [0.2, 0.25) is 10.0 Å². The molecule has 0 aliphatic carbocycles. The second-order valence-corrected chi connectivity index (χ2v) is 8.40. The first-order valence-electron chi connectivity index (χ1n) is 6.32. The highest BCUT2D eigenvalue weighted by atomic mass is 32.2. The molecule has 0 heterocycles. The molecule has 0 radical (unpaired) electrons. The van der Waals surface area contributed by atoms with Crippen LogP contribution in [0.3, 0.4) is 0 Å². The van der Waals surface area contributed by atoms with Crippen LogP contribution in [0.4, 0.5) is 5.69 Å². The Bertz CT molecular complexity index is 932. The molecule has 2 rings (SSSR count). The minimum absolute atomic E-state index is 0.0620. The lowest BCUT2D eigenvalue weighted by Crippen LogP contribution is -2.14. The van der Waals surface area contributed by atoms with E-state index in [-0.39, 0.29) is 15.4 Å². The van der Waals surface area contributed by atoms with E-state index in [0.29, 0.717) is 5.69 Å². The van der Waals surface area contributed by atoms with Crippen LogP contribution in [0, 0.1) is 0 Å². The molecule has 0 spiro atoms. The third-order valence-electron chi connectivity index (χ3n) is 2.99. The molecule has 23 heavy (non-hydrogen) atoms. The predicted octanol–water partition coefficient (Wildman–Crippen LogP) is 0.990.